The number of fused-ring (bicyclic) bond motifs is 3. The van der Waals surface area contributed by atoms with Crippen molar-refractivity contribution in [2.24, 2.45) is 10.1 Å². The molecule has 2 aliphatic heterocycles. The second-order valence-corrected chi connectivity index (χ2v) is 9.58. The van der Waals surface area contributed by atoms with Crippen LogP contribution in [-0.2, 0) is 16.0 Å². The van der Waals surface area contributed by atoms with E-state index >= 15 is 0 Å². The Labute approximate surface area is 206 Å². The number of aliphatic imine (C=N–C) groups is 1. The van der Waals surface area contributed by atoms with Gasteiger partial charge in [0.05, 0.1) is 24.0 Å². The Morgan fingerprint density at radius 3 is 2.71 bits per heavy atom. The van der Waals surface area contributed by atoms with Crippen LogP contribution in [0.1, 0.15) is 35.4 Å². The van der Waals surface area contributed by atoms with Crippen LogP contribution in [0.4, 0.5) is 5.69 Å². The van der Waals surface area contributed by atoms with Crippen molar-refractivity contribution in [1.29, 1.82) is 0 Å². The standard InChI is InChI=1S/C26H21ClN4O2S/c1-2-33-25(32)24-29-31(18-12-10-17(27)11-13-18)26-28-22-19-7-4-3-6-16(19)9-14-20(22)23(30(24)26)21-8-5-15-34-21/h3-8,10-13,15,23H,2,9,14H2,1H3. The highest BCUT2D eigenvalue weighted by Gasteiger charge is 2.47. The Balaban J connectivity index is 1.58. The van der Waals surface area contributed by atoms with E-state index < -0.39 is 5.97 Å². The molecule has 0 saturated carbocycles. The van der Waals surface area contributed by atoms with Gasteiger partial charge >= 0.3 is 5.97 Å². The highest BCUT2D eigenvalue weighted by molar-refractivity contribution is 7.10. The smallest absolute Gasteiger partial charge is 0.376 e. The lowest BCUT2D eigenvalue weighted by Crippen LogP contribution is -2.46. The molecule has 0 amide bonds. The lowest BCUT2D eigenvalue weighted by molar-refractivity contribution is -0.135. The molecule has 0 bridgehead atoms. The molecule has 0 N–H and O–H groups in total. The van der Waals surface area contributed by atoms with Gasteiger partial charge in [-0.3, -0.25) is 4.90 Å². The molecule has 0 fully saturated rings. The molecule has 6 nitrogen and oxygen atoms in total. The number of halogens is 1. The molecule has 1 unspecified atom stereocenters. The first-order valence-corrected chi connectivity index (χ1v) is 12.5. The predicted octanol–water partition coefficient (Wildman–Crippen LogP) is 5.87. The number of carbonyl (C=O) groups is 1. The van der Waals surface area contributed by atoms with Crippen molar-refractivity contribution in [3.63, 3.8) is 0 Å². The number of guanidine groups is 1. The number of thiophene rings is 1. The number of amidine groups is 1. The van der Waals surface area contributed by atoms with E-state index in [4.69, 9.17) is 26.4 Å². The number of carbonyl (C=O) groups excluding carboxylic acids is 1. The topological polar surface area (TPSA) is 57.5 Å². The molecule has 34 heavy (non-hydrogen) atoms. The first kappa shape index (κ1) is 21.1. The molecule has 1 atom stereocenters. The Kier molecular flexibility index (Phi) is 5.23. The zero-order valence-electron chi connectivity index (χ0n) is 18.4. The Morgan fingerprint density at radius 2 is 1.94 bits per heavy atom. The van der Waals surface area contributed by atoms with E-state index in [1.54, 1.807) is 35.4 Å². The van der Waals surface area contributed by atoms with E-state index in [1.807, 2.05) is 29.2 Å². The normalized spacial score (nSPS) is 18.7. The van der Waals surface area contributed by atoms with Crippen LogP contribution in [0.3, 0.4) is 0 Å². The lowest BCUT2D eigenvalue weighted by Gasteiger charge is -2.38. The molecule has 3 aliphatic rings. The molecule has 3 aromatic rings. The summed E-state index contributed by atoms with van der Waals surface area (Å²) in [5.41, 5.74) is 5.35. The fourth-order valence-corrected chi connectivity index (χ4v) is 5.72. The maximum absolute atomic E-state index is 13.1. The van der Waals surface area contributed by atoms with Crippen LogP contribution in [-0.4, -0.2) is 29.3 Å². The summed E-state index contributed by atoms with van der Waals surface area (Å²) in [6, 6.07) is 19.7. The van der Waals surface area contributed by atoms with Crippen LogP contribution in [0.2, 0.25) is 5.02 Å². The minimum absolute atomic E-state index is 0.184. The molecule has 0 spiro atoms. The highest BCUT2D eigenvalue weighted by Crippen LogP contribution is 2.47. The quantitative estimate of drug-likeness (QED) is 0.431. The third-order valence-corrected chi connectivity index (χ3v) is 7.39. The first-order valence-electron chi connectivity index (χ1n) is 11.2. The van der Waals surface area contributed by atoms with Crippen LogP contribution >= 0.6 is 22.9 Å². The number of nitrogens with zero attached hydrogens (tertiary/aromatic N) is 4. The van der Waals surface area contributed by atoms with E-state index in [1.165, 1.54) is 11.1 Å². The number of hydrazone groups is 1. The van der Waals surface area contributed by atoms with Gasteiger partial charge in [-0.05, 0) is 66.6 Å². The van der Waals surface area contributed by atoms with Crippen molar-refractivity contribution in [2.75, 3.05) is 11.6 Å². The van der Waals surface area contributed by atoms with Crippen molar-refractivity contribution < 1.29 is 9.53 Å². The van der Waals surface area contributed by atoms with Gasteiger partial charge in [-0.15, -0.1) is 16.4 Å². The van der Waals surface area contributed by atoms with Gasteiger partial charge in [0.25, 0.3) is 0 Å². The second-order valence-electron chi connectivity index (χ2n) is 8.16. The SMILES string of the molecule is CCOC(=O)C1=NN(c2ccc(Cl)cc2)C2=NC3=C(CCc4ccccc43)C(c3cccs3)N12. The van der Waals surface area contributed by atoms with Gasteiger partial charge in [0.15, 0.2) is 0 Å². The number of hydrogen-bond acceptors (Lipinski definition) is 7. The Bertz CT molecular complexity index is 1360. The van der Waals surface area contributed by atoms with Crippen molar-refractivity contribution in [1.82, 2.24) is 4.90 Å². The number of hydrogen-bond donors (Lipinski definition) is 0. The molecule has 170 valence electrons. The third-order valence-electron chi connectivity index (χ3n) is 6.21. The summed E-state index contributed by atoms with van der Waals surface area (Å²) in [4.78, 5) is 21.3. The number of benzene rings is 2. The summed E-state index contributed by atoms with van der Waals surface area (Å²) in [5.74, 6) is 0.354. The minimum atomic E-state index is -0.464. The van der Waals surface area contributed by atoms with E-state index in [-0.39, 0.29) is 18.5 Å². The van der Waals surface area contributed by atoms with E-state index in [9.17, 15) is 4.79 Å². The van der Waals surface area contributed by atoms with Gasteiger partial charge < -0.3 is 4.74 Å². The summed E-state index contributed by atoms with van der Waals surface area (Å²) in [6.07, 6.45) is 1.79. The highest BCUT2D eigenvalue weighted by atomic mass is 35.5. The molecule has 0 saturated heterocycles. The van der Waals surface area contributed by atoms with Crippen molar-refractivity contribution in [2.45, 2.75) is 25.8 Å². The van der Waals surface area contributed by atoms with E-state index in [0.717, 1.165) is 34.7 Å². The predicted molar refractivity (Wildman–Crippen MR) is 136 cm³/mol. The summed E-state index contributed by atoms with van der Waals surface area (Å²) in [6.45, 7) is 2.06. The maximum Gasteiger partial charge on any atom is 0.376 e. The number of aryl methyl sites for hydroxylation is 1. The molecule has 1 aromatic heterocycles. The van der Waals surface area contributed by atoms with Crippen molar-refractivity contribution in [3.8, 4) is 0 Å². The van der Waals surface area contributed by atoms with Crippen LogP contribution in [0.15, 0.2) is 81.7 Å². The molecule has 2 aromatic carbocycles. The largest absolute Gasteiger partial charge is 0.460 e. The van der Waals surface area contributed by atoms with Gasteiger partial charge in [0.2, 0.25) is 11.8 Å². The van der Waals surface area contributed by atoms with Gasteiger partial charge in [0.1, 0.15) is 0 Å². The average molecular weight is 489 g/mol. The maximum atomic E-state index is 13.1. The number of ether oxygens (including phenoxy) is 1. The number of anilines is 1. The third kappa shape index (κ3) is 3.35. The molecule has 6 rings (SSSR count). The van der Waals surface area contributed by atoms with Gasteiger partial charge in [-0.2, -0.15) is 5.01 Å². The summed E-state index contributed by atoms with van der Waals surface area (Å²) in [7, 11) is 0. The monoisotopic (exact) mass is 488 g/mol. The molecule has 0 radical (unpaired) electrons. The van der Waals surface area contributed by atoms with Crippen LogP contribution in [0.25, 0.3) is 5.70 Å². The fraction of sp³-hybridized carbons (Fsp3) is 0.192. The molecule has 8 heteroatoms. The van der Waals surface area contributed by atoms with Crippen LogP contribution < -0.4 is 5.01 Å². The Hall–Kier alpha value is -3.42. The fourth-order valence-electron chi connectivity index (χ4n) is 4.74. The zero-order chi connectivity index (χ0) is 23.2. The molecular weight excluding hydrogens is 468 g/mol. The van der Waals surface area contributed by atoms with E-state index in [0.29, 0.717) is 11.0 Å². The van der Waals surface area contributed by atoms with E-state index in [2.05, 4.69) is 29.6 Å². The Morgan fingerprint density at radius 1 is 1.12 bits per heavy atom. The van der Waals surface area contributed by atoms with Crippen LogP contribution in [0, 0.1) is 0 Å². The lowest BCUT2D eigenvalue weighted by atomic mass is 9.84. The minimum Gasteiger partial charge on any atom is -0.460 e. The summed E-state index contributed by atoms with van der Waals surface area (Å²) >= 11 is 7.81. The van der Waals surface area contributed by atoms with Gasteiger partial charge in [0, 0.05) is 15.5 Å². The second kappa shape index (κ2) is 8.42. The zero-order valence-corrected chi connectivity index (χ0v) is 20.0. The van der Waals surface area contributed by atoms with Crippen molar-refractivity contribution >= 4 is 52.1 Å². The summed E-state index contributed by atoms with van der Waals surface area (Å²) < 4.78 is 5.41. The van der Waals surface area contributed by atoms with Gasteiger partial charge in [-0.1, -0.05) is 41.9 Å². The van der Waals surface area contributed by atoms with Crippen LogP contribution in [0.5, 0.6) is 0 Å². The van der Waals surface area contributed by atoms with Crippen molar-refractivity contribution in [3.05, 3.63) is 92.6 Å². The average Bonchev–Trinajstić information content (AvgIpc) is 3.52. The molecular formula is C26H21ClN4O2S. The number of esters is 1. The van der Waals surface area contributed by atoms with Gasteiger partial charge in [-0.25, -0.2) is 9.79 Å². The molecule has 3 heterocycles. The number of rotatable bonds is 4. The molecule has 1 aliphatic carbocycles. The first-order chi connectivity index (χ1) is 16.7. The summed E-state index contributed by atoms with van der Waals surface area (Å²) in [5, 5.41) is 9.13.